The number of hydrogen-bond acceptors (Lipinski definition) is 2. The molecule has 0 aliphatic rings. The standard InChI is InChI=1S/C12H11NO2/c1-8-3-5-10-11(7-8)9(2)4-6-12(10)13(14)15/h3-7H,1-2H3. The van der Waals surface area contributed by atoms with Gasteiger partial charge in [0.15, 0.2) is 0 Å². The van der Waals surface area contributed by atoms with Crippen LogP contribution in [0.5, 0.6) is 0 Å². The lowest BCUT2D eigenvalue weighted by Crippen LogP contribution is -1.91. The lowest BCUT2D eigenvalue weighted by atomic mass is 10.0. The van der Waals surface area contributed by atoms with Gasteiger partial charge in [-0.3, -0.25) is 10.1 Å². The number of nitrogens with zero attached hydrogens (tertiary/aromatic N) is 1. The predicted octanol–water partition coefficient (Wildman–Crippen LogP) is 3.36. The van der Waals surface area contributed by atoms with E-state index >= 15 is 0 Å². The summed E-state index contributed by atoms with van der Waals surface area (Å²) in [5.41, 5.74) is 2.36. The third-order valence-corrected chi connectivity index (χ3v) is 2.56. The third kappa shape index (κ3) is 1.56. The first-order chi connectivity index (χ1) is 7.09. The number of benzene rings is 2. The summed E-state index contributed by atoms with van der Waals surface area (Å²) in [6.07, 6.45) is 0. The van der Waals surface area contributed by atoms with Crippen LogP contribution in [-0.4, -0.2) is 4.92 Å². The maximum Gasteiger partial charge on any atom is 0.277 e. The molecule has 3 nitrogen and oxygen atoms in total. The molecule has 2 aromatic carbocycles. The normalized spacial score (nSPS) is 10.5. The van der Waals surface area contributed by atoms with Gasteiger partial charge in [0.2, 0.25) is 0 Å². The zero-order valence-electron chi connectivity index (χ0n) is 8.65. The quantitative estimate of drug-likeness (QED) is 0.524. The van der Waals surface area contributed by atoms with E-state index in [1.54, 1.807) is 12.1 Å². The van der Waals surface area contributed by atoms with Crippen molar-refractivity contribution in [1.82, 2.24) is 0 Å². The average Bonchev–Trinajstić information content (AvgIpc) is 2.19. The largest absolute Gasteiger partial charge is 0.277 e. The Morgan fingerprint density at radius 1 is 1.07 bits per heavy atom. The van der Waals surface area contributed by atoms with E-state index in [4.69, 9.17) is 0 Å². The summed E-state index contributed by atoms with van der Waals surface area (Å²) in [6, 6.07) is 9.05. The first kappa shape index (κ1) is 9.65. The molecule has 0 heterocycles. The van der Waals surface area contributed by atoms with Gasteiger partial charge >= 0.3 is 0 Å². The van der Waals surface area contributed by atoms with Crippen molar-refractivity contribution < 1.29 is 4.92 Å². The maximum absolute atomic E-state index is 10.8. The van der Waals surface area contributed by atoms with Gasteiger partial charge in [-0.15, -0.1) is 0 Å². The number of non-ortho nitro benzene ring substituents is 1. The van der Waals surface area contributed by atoms with Crippen LogP contribution in [0.15, 0.2) is 30.3 Å². The first-order valence-corrected chi connectivity index (χ1v) is 4.74. The predicted molar refractivity (Wildman–Crippen MR) is 60.1 cm³/mol. The topological polar surface area (TPSA) is 43.1 Å². The van der Waals surface area contributed by atoms with E-state index in [0.29, 0.717) is 5.39 Å². The van der Waals surface area contributed by atoms with Gasteiger partial charge in [0.05, 0.1) is 10.3 Å². The third-order valence-electron chi connectivity index (χ3n) is 2.56. The molecule has 0 fully saturated rings. The highest BCUT2D eigenvalue weighted by Crippen LogP contribution is 2.28. The van der Waals surface area contributed by atoms with E-state index in [1.165, 1.54) is 0 Å². The Hall–Kier alpha value is -1.90. The van der Waals surface area contributed by atoms with Gasteiger partial charge in [0.25, 0.3) is 5.69 Å². The smallest absolute Gasteiger partial charge is 0.258 e. The molecule has 2 aromatic rings. The molecule has 15 heavy (non-hydrogen) atoms. The molecule has 0 radical (unpaired) electrons. The second-order valence-electron chi connectivity index (χ2n) is 3.71. The van der Waals surface area contributed by atoms with E-state index < -0.39 is 0 Å². The molecule has 3 heteroatoms. The van der Waals surface area contributed by atoms with E-state index in [2.05, 4.69) is 0 Å². The van der Waals surface area contributed by atoms with Gasteiger partial charge in [-0.2, -0.15) is 0 Å². The van der Waals surface area contributed by atoms with Crippen LogP contribution in [0, 0.1) is 24.0 Å². The van der Waals surface area contributed by atoms with Gasteiger partial charge in [0, 0.05) is 6.07 Å². The molecule has 0 aliphatic carbocycles. The Morgan fingerprint density at radius 3 is 2.47 bits per heavy atom. The molecule has 76 valence electrons. The van der Waals surface area contributed by atoms with E-state index in [1.807, 2.05) is 32.0 Å². The molecule has 0 amide bonds. The van der Waals surface area contributed by atoms with Crippen molar-refractivity contribution in [2.45, 2.75) is 13.8 Å². The van der Waals surface area contributed by atoms with Crippen LogP contribution in [0.4, 0.5) is 5.69 Å². The first-order valence-electron chi connectivity index (χ1n) is 4.74. The van der Waals surface area contributed by atoms with Crippen molar-refractivity contribution in [2.75, 3.05) is 0 Å². The van der Waals surface area contributed by atoms with Gasteiger partial charge in [-0.25, -0.2) is 0 Å². The molecule has 0 N–H and O–H groups in total. The fourth-order valence-corrected chi connectivity index (χ4v) is 1.75. The number of nitro groups is 1. The summed E-state index contributed by atoms with van der Waals surface area (Å²) in [5, 5.41) is 12.5. The van der Waals surface area contributed by atoms with Crippen LogP contribution in [0.3, 0.4) is 0 Å². The second kappa shape index (κ2) is 3.35. The van der Waals surface area contributed by atoms with Crippen molar-refractivity contribution in [3.05, 3.63) is 51.6 Å². The molecule has 0 bridgehead atoms. The maximum atomic E-state index is 10.8. The zero-order valence-corrected chi connectivity index (χ0v) is 8.65. The van der Waals surface area contributed by atoms with Crippen LogP contribution in [0.2, 0.25) is 0 Å². The highest BCUT2D eigenvalue weighted by Gasteiger charge is 2.12. The van der Waals surface area contributed by atoms with E-state index in [0.717, 1.165) is 16.5 Å². The SMILES string of the molecule is Cc1ccc2c([N+](=O)[O-])ccc(C)c2c1. The summed E-state index contributed by atoms with van der Waals surface area (Å²) in [5.74, 6) is 0. The molecule has 0 unspecified atom stereocenters. The Kier molecular flexibility index (Phi) is 2.15. The van der Waals surface area contributed by atoms with E-state index in [9.17, 15) is 10.1 Å². The summed E-state index contributed by atoms with van der Waals surface area (Å²) in [7, 11) is 0. The van der Waals surface area contributed by atoms with Crippen molar-refractivity contribution in [2.24, 2.45) is 0 Å². The highest BCUT2D eigenvalue weighted by molar-refractivity contribution is 5.93. The second-order valence-corrected chi connectivity index (χ2v) is 3.71. The minimum Gasteiger partial charge on any atom is -0.258 e. The van der Waals surface area contributed by atoms with Crippen molar-refractivity contribution in [1.29, 1.82) is 0 Å². The molecule has 0 spiro atoms. The number of fused-ring (bicyclic) bond motifs is 1. The summed E-state index contributed by atoms with van der Waals surface area (Å²) >= 11 is 0. The zero-order chi connectivity index (χ0) is 11.0. The van der Waals surface area contributed by atoms with Crippen LogP contribution in [-0.2, 0) is 0 Å². The van der Waals surface area contributed by atoms with E-state index in [-0.39, 0.29) is 10.6 Å². The Bertz CT molecular complexity index is 547. The molecule has 0 saturated heterocycles. The molecular formula is C12H11NO2. The van der Waals surface area contributed by atoms with Crippen LogP contribution >= 0.6 is 0 Å². The van der Waals surface area contributed by atoms with Gasteiger partial charge in [-0.1, -0.05) is 23.8 Å². The monoisotopic (exact) mass is 201 g/mol. The fourth-order valence-electron chi connectivity index (χ4n) is 1.75. The van der Waals surface area contributed by atoms with Crippen LogP contribution in [0.25, 0.3) is 10.8 Å². The average molecular weight is 201 g/mol. The molecule has 0 aliphatic heterocycles. The molecular weight excluding hydrogens is 190 g/mol. The lowest BCUT2D eigenvalue weighted by molar-refractivity contribution is -0.383. The van der Waals surface area contributed by atoms with Crippen LogP contribution < -0.4 is 0 Å². The number of nitro benzene ring substituents is 1. The molecule has 0 aromatic heterocycles. The Balaban J connectivity index is 2.88. The van der Waals surface area contributed by atoms with Crippen LogP contribution in [0.1, 0.15) is 11.1 Å². The Morgan fingerprint density at radius 2 is 1.80 bits per heavy atom. The lowest BCUT2D eigenvalue weighted by Gasteiger charge is -2.03. The number of aryl methyl sites for hydroxylation is 2. The number of rotatable bonds is 1. The summed E-state index contributed by atoms with van der Waals surface area (Å²) < 4.78 is 0. The van der Waals surface area contributed by atoms with Crippen molar-refractivity contribution in [3.63, 3.8) is 0 Å². The van der Waals surface area contributed by atoms with Crippen molar-refractivity contribution >= 4 is 16.5 Å². The molecule has 2 rings (SSSR count). The minimum atomic E-state index is -0.336. The highest BCUT2D eigenvalue weighted by atomic mass is 16.6. The number of hydrogen-bond donors (Lipinski definition) is 0. The van der Waals surface area contributed by atoms with Crippen molar-refractivity contribution in [3.8, 4) is 0 Å². The molecule has 0 atom stereocenters. The summed E-state index contributed by atoms with van der Waals surface area (Å²) in [6.45, 7) is 3.95. The minimum absolute atomic E-state index is 0.176. The van der Waals surface area contributed by atoms with Gasteiger partial charge in [0.1, 0.15) is 0 Å². The summed E-state index contributed by atoms with van der Waals surface area (Å²) in [4.78, 5) is 10.5. The van der Waals surface area contributed by atoms with Gasteiger partial charge in [-0.05, 0) is 30.9 Å². The van der Waals surface area contributed by atoms with Gasteiger partial charge < -0.3 is 0 Å². The Labute approximate surface area is 87.5 Å². The molecule has 0 saturated carbocycles. The fraction of sp³-hybridized carbons (Fsp3) is 0.167.